The summed E-state index contributed by atoms with van der Waals surface area (Å²) in [5, 5.41) is 7.25. The van der Waals surface area contributed by atoms with E-state index in [4.69, 9.17) is 0 Å². The monoisotopic (exact) mass is 314 g/mol. The van der Waals surface area contributed by atoms with Crippen LogP contribution in [0.1, 0.15) is 33.1 Å². The topological polar surface area (TPSA) is 67.2 Å². The molecule has 0 spiro atoms. The molecule has 1 atom stereocenters. The van der Waals surface area contributed by atoms with Gasteiger partial charge in [-0.2, -0.15) is 9.40 Å². The zero-order valence-corrected chi connectivity index (χ0v) is 13.9. The first kappa shape index (κ1) is 16.5. The van der Waals surface area contributed by atoms with Crippen molar-refractivity contribution >= 4 is 10.0 Å². The van der Waals surface area contributed by atoms with E-state index in [2.05, 4.69) is 24.3 Å². The minimum absolute atomic E-state index is 0.114. The van der Waals surface area contributed by atoms with Crippen molar-refractivity contribution in [3.8, 4) is 0 Å². The molecule has 1 N–H and O–H groups in total. The number of aromatic nitrogens is 2. The third-order valence-corrected chi connectivity index (χ3v) is 5.93. The first-order valence-corrected chi connectivity index (χ1v) is 9.09. The number of nitrogens with zero attached hydrogens (tertiary/aromatic N) is 3. The van der Waals surface area contributed by atoms with Gasteiger partial charge in [0.25, 0.3) is 0 Å². The highest BCUT2D eigenvalue weighted by molar-refractivity contribution is 7.89. The maximum absolute atomic E-state index is 12.8. The van der Waals surface area contributed by atoms with E-state index in [-0.39, 0.29) is 6.04 Å². The van der Waals surface area contributed by atoms with Crippen LogP contribution in [0, 0.1) is 5.92 Å². The molecule has 1 aromatic rings. The molecule has 0 bridgehead atoms. The van der Waals surface area contributed by atoms with Gasteiger partial charge in [0.1, 0.15) is 4.90 Å². The van der Waals surface area contributed by atoms with Gasteiger partial charge in [-0.25, -0.2) is 8.42 Å². The van der Waals surface area contributed by atoms with Crippen LogP contribution in [0.3, 0.4) is 0 Å². The zero-order chi connectivity index (χ0) is 15.5. The van der Waals surface area contributed by atoms with E-state index >= 15 is 0 Å². The Hall–Kier alpha value is -0.920. The number of nitrogens with one attached hydrogen (secondary N) is 1. The van der Waals surface area contributed by atoms with Gasteiger partial charge < -0.3 is 5.32 Å². The van der Waals surface area contributed by atoms with Crippen LogP contribution < -0.4 is 5.32 Å². The zero-order valence-electron chi connectivity index (χ0n) is 13.1. The van der Waals surface area contributed by atoms with Gasteiger partial charge in [0.05, 0.1) is 6.20 Å². The van der Waals surface area contributed by atoms with Crippen molar-refractivity contribution in [1.29, 1.82) is 0 Å². The highest BCUT2D eigenvalue weighted by atomic mass is 32.2. The van der Waals surface area contributed by atoms with Crippen LogP contribution in [-0.2, 0) is 16.6 Å². The molecule has 2 heterocycles. The average Bonchev–Trinajstić information content (AvgIpc) is 3.08. The van der Waals surface area contributed by atoms with Crippen LogP contribution in [0.25, 0.3) is 0 Å². The molecular weight excluding hydrogens is 288 g/mol. The Morgan fingerprint density at radius 1 is 1.48 bits per heavy atom. The molecule has 120 valence electrons. The molecule has 6 nitrogen and oxygen atoms in total. The standard InChI is InChI=1S/C14H26N4O2S/c1-12(2)14-6-4-9-18(14)21(19,20)13-10-16-17(11-13)8-5-7-15-3/h10-12,14-15H,4-9H2,1-3H3. The average molecular weight is 314 g/mol. The quantitative estimate of drug-likeness (QED) is 0.770. The molecule has 0 saturated carbocycles. The first-order chi connectivity index (χ1) is 9.96. The molecule has 1 unspecified atom stereocenters. The van der Waals surface area contributed by atoms with E-state index in [0.29, 0.717) is 17.4 Å². The SMILES string of the molecule is CNCCCn1cc(S(=O)(=O)N2CCCC2C(C)C)cn1. The van der Waals surface area contributed by atoms with Gasteiger partial charge in [0, 0.05) is 25.3 Å². The molecule has 0 aromatic carbocycles. The van der Waals surface area contributed by atoms with Crippen LogP contribution in [0.5, 0.6) is 0 Å². The Morgan fingerprint density at radius 2 is 2.24 bits per heavy atom. The summed E-state index contributed by atoms with van der Waals surface area (Å²) < 4.78 is 28.9. The second-order valence-electron chi connectivity index (χ2n) is 5.97. The van der Waals surface area contributed by atoms with E-state index in [9.17, 15) is 8.42 Å². The lowest BCUT2D eigenvalue weighted by Crippen LogP contribution is -2.38. The summed E-state index contributed by atoms with van der Waals surface area (Å²) in [5.74, 6) is 0.341. The molecule has 1 aromatic heterocycles. The molecule has 7 heteroatoms. The largest absolute Gasteiger partial charge is 0.320 e. The molecule has 1 fully saturated rings. The summed E-state index contributed by atoms with van der Waals surface area (Å²) in [6, 6.07) is 0.114. The van der Waals surface area contributed by atoms with Crippen LogP contribution in [0.4, 0.5) is 0 Å². The fourth-order valence-corrected chi connectivity index (χ4v) is 4.66. The van der Waals surface area contributed by atoms with Crippen molar-refractivity contribution in [2.75, 3.05) is 20.1 Å². The maximum atomic E-state index is 12.8. The Labute approximate surface area is 127 Å². The Balaban J connectivity index is 2.12. The second kappa shape index (κ2) is 6.89. The van der Waals surface area contributed by atoms with E-state index in [1.165, 1.54) is 6.20 Å². The first-order valence-electron chi connectivity index (χ1n) is 7.65. The van der Waals surface area contributed by atoms with Crippen LogP contribution in [0.15, 0.2) is 17.3 Å². The van der Waals surface area contributed by atoms with Crippen molar-refractivity contribution in [3.05, 3.63) is 12.4 Å². The summed E-state index contributed by atoms with van der Waals surface area (Å²) in [5.41, 5.74) is 0. The predicted molar refractivity (Wildman–Crippen MR) is 82.5 cm³/mol. The molecule has 1 aliphatic heterocycles. The molecule has 0 aliphatic carbocycles. The molecule has 1 saturated heterocycles. The minimum Gasteiger partial charge on any atom is -0.320 e. The predicted octanol–water partition coefficient (Wildman–Crippen LogP) is 1.30. The summed E-state index contributed by atoms with van der Waals surface area (Å²) in [6.45, 7) is 6.41. The van der Waals surface area contributed by atoms with Crippen molar-refractivity contribution in [2.45, 2.75) is 50.6 Å². The normalized spacial score (nSPS) is 20.5. The van der Waals surface area contributed by atoms with Gasteiger partial charge in [0.15, 0.2) is 0 Å². The van der Waals surface area contributed by atoms with Crippen LogP contribution in [0.2, 0.25) is 0 Å². The highest BCUT2D eigenvalue weighted by Crippen LogP contribution is 2.29. The van der Waals surface area contributed by atoms with Gasteiger partial charge in [-0.1, -0.05) is 13.8 Å². The third kappa shape index (κ3) is 3.64. The summed E-state index contributed by atoms with van der Waals surface area (Å²) >= 11 is 0. The minimum atomic E-state index is -3.41. The van der Waals surface area contributed by atoms with Crippen LogP contribution >= 0.6 is 0 Å². The fraction of sp³-hybridized carbons (Fsp3) is 0.786. The number of hydrogen-bond donors (Lipinski definition) is 1. The number of rotatable bonds is 7. The van der Waals surface area contributed by atoms with Gasteiger partial charge in [-0.15, -0.1) is 0 Å². The van der Waals surface area contributed by atoms with Crippen molar-refractivity contribution in [1.82, 2.24) is 19.4 Å². The number of hydrogen-bond acceptors (Lipinski definition) is 4. The van der Waals surface area contributed by atoms with Gasteiger partial charge in [-0.3, -0.25) is 4.68 Å². The lowest BCUT2D eigenvalue weighted by molar-refractivity contribution is 0.315. The Kier molecular flexibility index (Phi) is 5.40. The van der Waals surface area contributed by atoms with E-state index < -0.39 is 10.0 Å². The van der Waals surface area contributed by atoms with E-state index in [1.54, 1.807) is 15.2 Å². The lowest BCUT2D eigenvalue weighted by atomic mass is 10.0. The number of sulfonamides is 1. The molecule has 21 heavy (non-hydrogen) atoms. The lowest BCUT2D eigenvalue weighted by Gasteiger charge is -2.26. The number of aryl methyl sites for hydroxylation is 1. The Bertz CT molecular complexity index is 553. The Morgan fingerprint density at radius 3 is 2.90 bits per heavy atom. The highest BCUT2D eigenvalue weighted by Gasteiger charge is 2.37. The smallest absolute Gasteiger partial charge is 0.246 e. The summed E-state index contributed by atoms with van der Waals surface area (Å²) in [4.78, 5) is 0.319. The van der Waals surface area contributed by atoms with Crippen molar-refractivity contribution in [2.24, 2.45) is 5.92 Å². The molecule has 0 radical (unpaired) electrons. The van der Waals surface area contributed by atoms with Gasteiger partial charge >= 0.3 is 0 Å². The van der Waals surface area contributed by atoms with Crippen molar-refractivity contribution in [3.63, 3.8) is 0 Å². The summed E-state index contributed by atoms with van der Waals surface area (Å²) in [7, 11) is -1.51. The van der Waals surface area contributed by atoms with Crippen LogP contribution in [-0.4, -0.2) is 48.7 Å². The second-order valence-corrected chi connectivity index (χ2v) is 7.86. The van der Waals surface area contributed by atoms with E-state index in [1.807, 2.05) is 7.05 Å². The molecular formula is C14H26N4O2S. The van der Waals surface area contributed by atoms with Gasteiger partial charge in [-0.05, 0) is 38.8 Å². The summed E-state index contributed by atoms with van der Waals surface area (Å²) in [6.07, 6.45) is 5.95. The molecule has 2 rings (SSSR count). The van der Waals surface area contributed by atoms with Gasteiger partial charge in [0.2, 0.25) is 10.0 Å². The fourth-order valence-electron chi connectivity index (χ4n) is 2.88. The maximum Gasteiger partial charge on any atom is 0.246 e. The molecule has 1 aliphatic rings. The third-order valence-electron chi connectivity index (χ3n) is 4.05. The van der Waals surface area contributed by atoms with Crippen molar-refractivity contribution < 1.29 is 8.42 Å². The molecule has 0 amide bonds. The van der Waals surface area contributed by atoms with E-state index in [0.717, 1.165) is 32.4 Å².